The molecule has 3 aromatic rings. The molecule has 126 valence electrons. The highest BCUT2D eigenvalue weighted by Gasteiger charge is 2.15. The summed E-state index contributed by atoms with van der Waals surface area (Å²) in [7, 11) is 0. The van der Waals surface area contributed by atoms with Crippen LogP contribution in [-0.4, -0.2) is 34.2 Å². The molecule has 6 heteroatoms. The Morgan fingerprint density at radius 3 is 2.96 bits per heavy atom. The monoisotopic (exact) mass is 334 g/mol. The van der Waals surface area contributed by atoms with Crippen molar-refractivity contribution in [2.75, 3.05) is 13.2 Å². The lowest BCUT2D eigenvalue weighted by molar-refractivity contribution is 0.0949. The topological polar surface area (TPSA) is 79.9 Å². The Kier molecular flexibility index (Phi) is 4.16. The summed E-state index contributed by atoms with van der Waals surface area (Å²) in [5.74, 6) is 0.783. The molecule has 0 aliphatic carbocycles. The summed E-state index contributed by atoms with van der Waals surface area (Å²) in [4.78, 5) is 16.2. The van der Waals surface area contributed by atoms with E-state index < -0.39 is 0 Å². The Morgan fingerprint density at radius 2 is 2.08 bits per heavy atom. The number of nitrogens with one attached hydrogen (secondary N) is 2. The minimum Gasteiger partial charge on any atom is -0.493 e. The Morgan fingerprint density at radius 1 is 1.20 bits per heavy atom. The second-order valence-electron chi connectivity index (χ2n) is 5.95. The second-order valence-corrected chi connectivity index (χ2v) is 5.95. The van der Waals surface area contributed by atoms with Crippen LogP contribution in [0.15, 0.2) is 48.8 Å². The molecule has 2 aromatic heterocycles. The molecule has 0 unspecified atom stereocenters. The van der Waals surface area contributed by atoms with Crippen molar-refractivity contribution in [2.24, 2.45) is 0 Å². The number of pyridine rings is 1. The molecule has 0 atom stereocenters. The van der Waals surface area contributed by atoms with Crippen LogP contribution in [0.5, 0.6) is 5.75 Å². The molecule has 4 rings (SSSR count). The van der Waals surface area contributed by atoms with Crippen LogP contribution in [0, 0.1) is 0 Å². The van der Waals surface area contributed by atoms with E-state index in [-0.39, 0.29) is 5.91 Å². The van der Waals surface area contributed by atoms with Gasteiger partial charge < -0.3 is 10.1 Å². The van der Waals surface area contributed by atoms with Crippen LogP contribution in [0.1, 0.15) is 21.6 Å². The molecular formula is C19H18N4O2. The number of fused-ring (bicyclic) bond motifs is 1. The van der Waals surface area contributed by atoms with Crippen molar-refractivity contribution in [3.63, 3.8) is 0 Å². The Labute approximate surface area is 145 Å². The number of rotatable bonds is 5. The fourth-order valence-electron chi connectivity index (χ4n) is 2.90. The molecule has 1 amide bonds. The number of ether oxygens (including phenoxy) is 1. The van der Waals surface area contributed by atoms with Crippen molar-refractivity contribution in [1.82, 2.24) is 20.5 Å². The number of nitrogens with zero attached hydrogens (tertiary/aromatic N) is 2. The molecule has 25 heavy (non-hydrogen) atoms. The molecule has 0 fully saturated rings. The maximum absolute atomic E-state index is 12.3. The molecule has 0 spiro atoms. The minimum absolute atomic E-state index is 0.155. The molecule has 0 saturated carbocycles. The first-order valence-corrected chi connectivity index (χ1v) is 8.28. The number of H-pyrrole nitrogens is 1. The molecule has 0 radical (unpaired) electrons. The summed E-state index contributed by atoms with van der Waals surface area (Å²) in [5, 5.41) is 9.98. The van der Waals surface area contributed by atoms with Crippen LogP contribution < -0.4 is 10.1 Å². The average molecular weight is 334 g/mol. The van der Waals surface area contributed by atoms with Crippen molar-refractivity contribution >= 4 is 5.91 Å². The Hall–Kier alpha value is -3.15. The number of aromatic nitrogens is 3. The largest absolute Gasteiger partial charge is 0.493 e. The highest BCUT2D eigenvalue weighted by molar-refractivity contribution is 5.93. The fourth-order valence-corrected chi connectivity index (χ4v) is 2.90. The van der Waals surface area contributed by atoms with Gasteiger partial charge >= 0.3 is 0 Å². The normalized spacial score (nSPS) is 12.5. The molecule has 0 saturated heterocycles. The van der Waals surface area contributed by atoms with Crippen LogP contribution in [-0.2, 0) is 12.8 Å². The first-order chi connectivity index (χ1) is 12.3. The zero-order valence-electron chi connectivity index (χ0n) is 13.7. The zero-order valence-corrected chi connectivity index (χ0v) is 13.7. The number of carbonyl (C=O) groups excluding carboxylic acids is 1. The third kappa shape index (κ3) is 3.38. The molecule has 1 aliphatic rings. The number of hydrogen-bond acceptors (Lipinski definition) is 4. The predicted molar refractivity (Wildman–Crippen MR) is 93.5 cm³/mol. The first kappa shape index (κ1) is 15.4. The van der Waals surface area contributed by atoms with Gasteiger partial charge in [0, 0.05) is 30.9 Å². The minimum atomic E-state index is -0.155. The van der Waals surface area contributed by atoms with Gasteiger partial charge in [-0.2, -0.15) is 5.10 Å². The molecule has 3 heterocycles. The van der Waals surface area contributed by atoms with Crippen molar-refractivity contribution in [2.45, 2.75) is 12.8 Å². The number of hydrogen-bond donors (Lipinski definition) is 2. The summed E-state index contributed by atoms with van der Waals surface area (Å²) >= 11 is 0. The number of carbonyl (C=O) groups is 1. The van der Waals surface area contributed by atoms with Gasteiger partial charge in [0.2, 0.25) is 0 Å². The smallest absolute Gasteiger partial charge is 0.269 e. The number of benzene rings is 1. The van der Waals surface area contributed by atoms with Crippen molar-refractivity contribution in [1.29, 1.82) is 0 Å². The van der Waals surface area contributed by atoms with Gasteiger partial charge in [0.15, 0.2) is 0 Å². The lowest BCUT2D eigenvalue weighted by Gasteiger charge is -2.03. The Bertz CT molecular complexity index is 889. The van der Waals surface area contributed by atoms with Crippen molar-refractivity contribution < 1.29 is 9.53 Å². The van der Waals surface area contributed by atoms with Crippen LogP contribution in [0.2, 0.25) is 0 Å². The van der Waals surface area contributed by atoms with Gasteiger partial charge in [-0.3, -0.25) is 14.9 Å². The van der Waals surface area contributed by atoms with E-state index >= 15 is 0 Å². The van der Waals surface area contributed by atoms with E-state index in [2.05, 4.69) is 26.6 Å². The maximum Gasteiger partial charge on any atom is 0.269 e. The summed E-state index contributed by atoms with van der Waals surface area (Å²) in [5.41, 5.74) is 4.52. The average Bonchev–Trinajstić information content (AvgIpc) is 3.31. The van der Waals surface area contributed by atoms with Gasteiger partial charge in [-0.25, -0.2) is 0 Å². The molecule has 6 nitrogen and oxygen atoms in total. The van der Waals surface area contributed by atoms with Crippen LogP contribution >= 0.6 is 0 Å². The van der Waals surface area contributed by atoms with Crippen molar-refractivity contribution in [3.8, 4) is 17.0 Å². The highest BCUT2D eigenvalue weighted by Crippen LogP contribution is 2.29. The molecule has 0 bridgehead atoms. The molecule has 1 aromatic carbocycles. The molecular weight excluding hydrogens is 316 g/mol. The van der Waals surface area contributed by atoms with Gasteiger partial charge in [0.25, 0.3) is 5.91 Å². The van der Waals surface area contributed by atoms with E-state index in [1.807, 2.05) is 24.3 Å². The third-order valence-corrected chi connectivity index (χ3v) is 4.26. The summed E-state index contributed by atoms with van der Waals surface area (Å²) < 4.78 is 5.52. The van der Waals surface area contributed by atoms with E-state index in [1.165, 1.54) is 5.56 Å². The first-order valence-electron chi connectivity index (χ1n) is 8.28. The maximum atomic E-state index is 12.3. The second kappa shape index (κ2) is 6.76. The zero-order chi connectivity index (χ0) is 17.1. The predicted octanol–water partition coefficient (Wildman–Crippen LogP) is 2.38. The van der Waals surface area contributed by atoms with E-state index in [0.717, 1.165) is 42.0 Å². The Balaban J connectivity index is 1.39. The summed E-state index contributed by atoms with van der Waals surface area (Å²) in [6.07, 6.45) is 5.18. The third-order valence-electron chi connectivity index (χ3n) is 4.26. The van der Waals surface area contributed by atoms with E-state index in [1.54, 1.807) is 18.5 Å². The molecule has 1 aliphatic heterocycles. The van der Waals surface area contributed by atoms with E-state index in [9.17, 15) is 4.79 Å². The highest BCUT2D eigenvalue weighted by atomic mass is 16.5. The van der Waals surface area contributed by atoms with Crippen LogP contribution in [0.25, 0.3) is 11.3 Å². The summed E-state index contributed by atoms with van der Waals surface area (Å²) in [6.45, 7) is 1.29. The van der Waals surface area contributed by atoms with Gasteiger partial charge in [-0.05, 0) is 53.9 Å². The van der Waals surface area contributed by atoms with Gasteiger partial charge in [0.1, 0.15) is 11.4 Å². The lowest BCUT2D eigenvalue weighted by Crippen LogP contribution is -2.26. The SMILES string of the molecule is O=C(NCCc1ccncc1)c1cc(-c2ccc3c(c2)CCO3)n[nH]1. The quantitative estimate of drug-likeness (QED) is 0.751. The van der Waals surface area contributed by atoms with E-state index in [4.69, 9.17) is 4.74 Å². The summed E-state index contributed by atoms with van der Waals surface area (Å²) in [6, 6.07) is 11.7. The number of amides is 1. The van der Waals surface area contributed by atoms with Crippen LogP contribution in [0.4, 0.5) is 0 Å². The van der Waals surface area contributed by atoms with Gasteiger partial charge in [0.05, 0.1) is 12.3 Å². The molecule has 2 N–H and O–H groups in total. The lowest BCUT2D eigenvalue weighted by atomic mass is 10.1. The van der Waals surface area contributed by atoms with Crippen molar-refractivity contribution in [3.05, 3.63) is 65.6 Å². The number of aromatic amines is 1. The van der Waals surface area contributed by atoms with Crippen LogP contribution in [0.3, 0.4) is 0 Å². The van der Waals surface area contributed by atoms with E-state index in [0.29, 0.717) is 12.2 Å². The van der Waals surface area contributed by atoms with Gasteiger partial charge in [-0.15, -0.1) is 0 Å². The standard InChI is InChI=1S/C19H18N4O2/c24-19(21-9-5-13-3-7-20-8-4-13)17-12-16(22-23-17)14-1-2-18-15(11-14)6-10-25-18/h1-4,7-8,11-12H,5-6,9-10H2,(H,21,24)(H,22,23). The van der Waals surface area contributed by atoms with Gasteiger partial charge in [-0.1, -0.05) is 0 Å². The fraction of sp³-hybridized carbons (Fsp3) is 0.211.